The van der Waals surface area contributed by atoms with E-state index >= 15 is 0 Å². The second-order valence-electron chi connectivity index (χ2n) is 7.06. The van der Waals surface area contributed by atoms with Gasteiger partial charge in [-0.15, -0.1) is 0 Å². The van der Waals surface area contributed by atoms with Crippen LogP contribution in [-0.4, -0.2) is 34.9 Å². The first-order chi connectivity index (χ1) is 13.1. The van der Waals surface area contributed by atoms with Crippen molar-refractivity contribution in [3.8, 4) is 11.1 Å². The van der Waals surface area contributed by atoms with Gasteiger partial charge in [0.2, 0.25) is 0 Å². The second kappa shape index (κ2) is 7.13. The molecule has 4 rings (SSSR count). The van der Waals surface area contributed by atoms with Gasteiger partial charge in [-0.25, -0.2) is 4.39 Å². The van der Waals surface area contributed by atoms with Crippen LogP contribution in [-0.2, 0) is 6.54 Å². The van der Waals surface area contributed by atoms with Gasteiger partial charge in [-0.3, -0.25) is 4.79 Å². The van der Waals surface area contributed by atoms with Gasteiger partial charge in [0.1, 0.15) is 11.5 Å². The van der Waals surface area contributed by atoms with E-state index in [9.17, 15) is 9.18 Å². The predicted molar refractivity (Wildman–Crippen MR) is 105 cm³/mol. The number of benzene rings is 2. The Bertz CT molecular complexity index is 997. The Morgan fingerprint density at radius 2 is 2.00 bits per heavy atom. The Labute approximate surface area is 157 Å². The molecule has 5 nitrogen and oxygen atoms in total. The molecule has 0 spiro atoms. The van der Waals surface area contributed by atoms with E-state index in [1.807, 2.05) is 30.3 Å². The van der Waals surface area contributed by atoms with Crippen molar-refractivity contribution in [3.05, 3.63) is 59.5 Å². The first kappa shape index (κ1) is 17.7. The molecule has 0 aliphatic carbocycles. The summed E-state index contributed by atoms with van der Waals surface area (Å²) in [7, 11) is 0. The van der Waals surface area contributed by atoms with Crippen molar-refractivity contribution in [1.82, 2.24) is 9.88 Å². The lowest BCUT2D eigenvalue weighted by molar-refractivity contribution is 0.0728. The highest BCUT2D eigenvalue weighted by molar-refractivity contribution is 6.11. The number of nitrogens with one attached hydrogen (secondary N) is 1. The highest BCUT2D eigenvalue weighted by Crippen LogP contribution is 2.38. The molecule has 0 unspecified atom stereocenters. The normalized spacial score (nSPS) is 14.8. The van der Waals surface area contributed by atoms with Crippen LogP contribution in [0.25, 0.3) is 22.0 Å². The van der Waals surface area contributed by atoms with E-state index in [2.05, 4.69) is 4.98 Å². The Hall–Kier alpha value is -2.70. The number of nitrogens with zero attached hydrogens (tertiary/aromatic N) is 1. The largest absolute Gasteiger partial charge is 0.350 e. The molecule has 2 aromatic carbocycles. The number of hydrogen-bond acceptors (Lipinski definition) is 3. The third kappa shape index (κ3) is 3.11. The van der Waals surface area contributed by atoms with Crippen LogP contribution in [0.5, 0.6) is 0 Å². The zero-order valence-corrected chi connectivity index (χ0v) is 15.0. The van der Waals surface area contributed by atoms with Gasteiger partial charge in [-0.2, -0.15) is 0 Å². The number of fused-ring (bicyclic) bond motifs is 5. The number of aromatic amines is 1. The van der Waals surface area contributed by atoms with Crippen molar-refractivity contribution in [2.24, 2.45) is 11.5 Å². The molecule has 0 fully saturated rings. The van der Waals surface area contributed by atoms with Crippen molar-refractivity contribution in [3.63, 3.8) is 0 Å². The van der Waals surface area contributed by atoms with Gasteiger partial charge >= 0.3 is 0 Å². The van der Waals surface area contributed by atoms with Crippen LogP contribution in [0.2, 0.25) is 0 Å². The lowest BCUT2D eigenvalue weighted by Crippen LogP contribution is -2.40. The minimum atomic E-state index is -0.307. The number of para-hydroxylation sites is 1. The molecule has 1 aromatic heterocycles. The quantitative estimate of drug-likeness (QED) is 0.649. The first-order valence-electron chi connectivity index (χ1n) is 9.23. The van der Waals surface area contributed by atoms with E-state index in [4.69, 9.17) is 11.5 Å². The van der Waals surface area contributed by atoms with Gasteiger partial charge < -0.3 is 21.4 Å². The topological polar surface area (TPSA) is 88.1 Å². The predicted octanol–water partition coefficient (Wildman–Crippen LogP) is 3.00. The maximum absolute atomic E-state index is 14.7. The fourth-order valence-corrected chi connectivity index (χ4v) is 3.86. The van der Waals surface area contributed by atoms with Crippen LogP contribution in [0, 0.1) is 5.82 Å². The van der Waals surface area contributed by atoms with Gasteiger partial charge in [0.05, 0.1) is 0 Å². The maximum Gasteiger partial charge on any atom is 0.271 e. The van der Waals surface area contributed by atoms with Gasteiger partial charge in [-0.05, 0) is 37.1 Å². The average Bonchev–Trinajstić information content (AvgIpc) is 3.01. The van der Waals surface area contributed by atoms with Crippen LogP contribution >= 0.6 is 0 Å². The number of carbonyl (C=O) groups excluding carboxylic acids is 1. The number of nitrogens with two attached hydrogens (primary N) is 2. The SMILES string of the molecule is NCCC[C@H](N)CN1Cc2c(F)cccc2-c2c([nH]c3ccccc23)C1=O. The van der Waals surface area contributed by atoms with Crippen LogP contribution < -0.4 is 11.5 Å². The fourth-order valence-electron chi connectivity index (χ4n) is 3.86. The van der Waals surface area contributed by atoms with E-state index in [0.717, 1.165) is 34.9 Å². The van der Waals surface area contributed by atoms with Crippen molar-refractivity contribution >= 4 is 16.8 Å². The second-order valence-corrected chi connectivity index (χ2v) is 7.06. The Morgan fingerprint density at radius 1 is 1.19 bits per heavy atom. The number of rotatable bonds is 5. The summed E-state index contributed by atoms with van der Waals surface area (Å²) in [6.07, 6.45) is 1.52. The number of H-pyrrole nitrogens is 1. The Balaban J connectivity index is 1.84. The standard InChI is InChI=1S/C21H23FN4O/c22-17-8-3-7-14-16(17)12-26(11-13(24)5-4-10-23)21(27)20-19(14)15-6-1-2-9-18(15)25-20/h1-3,6-9,13,25H,4-5,10-12,23-24H2/t13-/m0/s1. The van der Waals surface area contributed by atoms with Crippen molar-refractivity contribution < 1.29 is 9.18 Å². The monoisotopic (exact) mass is 366 g/mol. The van der Waals surface area contributed by atoms with E-state index in [0.29, 0.717) is 24.3 Å². The van der Waals surface area contributed by atoms with Crippen LogP contribution in [0.4, 0.5) is 4.39 Å². The van der Waals surface area contributed by atoms with E-state index in [1.165, 1.54) is 6.07 Å². The van der Waals surface area contributed by atoms with Crippen molar-refractivity contribution in [2.45, 2.75) is 25.4 Å². The number of amides is 1. The molecular weight excluding hydrogens is 343 g/mol. The molecule has 0 saturated heterocycles. The third-order valence-electron chi connectivity index (χ3n) is 5.18. The minimum absolute atomic E-state index is 0.153. The summed E-state index contributed by atoms with van der Waals surface area (Å²) >= 11 is 0. The molecule has 3 aromatic rings. The smallest absolute Gasteiger partial charge is 0.271 e. The molecule has 1 amide bonds. The van der Waals surface area contributed by atoms with Gasteiger partial charge in [-0.1, -0.05) is 30.3 Å². The number of aromatic nitrogens is 1. The molecule has 27 heavy (non-hydrogen) atoms. The van der Waals surface area contributed by atoms with Gasteiger partial charge in [0.25, 0.3) is 5.91 Å². The molecular formula is C21H23FN4O. The molecule has 0 saturated carbocycles. The molecule has 140 valence electrons. The Morgan fingerprint density at radius 3 is 2.81 bits per heavy atom. The average molecular weight is 366 g/mol. The van der Waals surface area contributed by atoms with E-state index in [1.54, 1.807) is 11.0 Å². The zero-order valence-electron chi connectivity index (χ0n) is 15.0. The highest BCUT2D eigenvalue weighted by Gasteiger charge is 2.31. The highest BCUT2D eigenvalue weighted by atomic mass is 19.1. The summed E-state index contributed by atoms with van der Waals surface area (Å²) < 4.78 is 14.7. The van der Waals surface area contributed by atoms with E-state index in [-0.39, 0.29) is 24.3 Å². The summed E-state index contributed by atoms with van der Waals surface area (Å²) in [5.41, 5.74) is 15.2. The first-order valence-corrected chi connectivity index (χ1v) is 9.23. The molecule has 0 radical (unpaired) electrons. The van der Waals surface area contributed by atoms with E-state index < -0.39 is 0 Å². The Kier molecular flexibility index (Phi) is 4.68. The third-order valence-corrected chi connectivity index (χ3v) is 5.18. The van der Waals surface area contributed by atoms with Crippen LogP contribution in [0.15, 0.2) is 42.5 Å². The molecule has 2 heterocycles. The lowest BCUT2D eigenvalue weighted by atomic mass is 9.97. The van der Waals surface area contributed by atoms with Crippen molar-refractivity contribution in [2.75, 3.05) is 13.1 Å². The zero-order chi connectivity index (χ0) is 19.0. The molecule has 1 atom stereocenters. The summed E-state index contributed by atoms with van der Waals surface area (Å²) in [5, 5.41) is 0.919. The molecule has 6 heteroatoms. The number of hydrogen-bond donors (Lipinski definition) is 3. The number of carbonyl (C=O) groups is 1. The summed E-state index contributed by atoms with van der Waals surface area (Å²) in [4.78, 5) is 18.2. The summed E-state index contributed by atoms with van der Waals surface area (Å²) in [6, 6.07) is 12.5. The maximum atomic E-state index is 14.7. The molecule has 5 N–H and O–H groups in total. The summed E-state index contributed by atoms with van der Waals surface area (Å²) in [6.45, 7) is 1.13. The molecule has 1 aliphatic heterocycles. The van der Waals surface area contributed by atoms with Gasteiger partial charge in [0.15, 0.2) is 0 Å². The van der Waals surface area contributed by atoms with Crippen LogP contribution in [0.3, 0.4) is 0 Å². The summed E-state index contributed by atoms with van der Waals surface area (Å²) in [5.74, 6) is -0.459. The fraction of sp³-hybridized carbons (Fsp3) is 0.286. The van der Waals surface area contributed by atoms with Crippen LogP contribution in [0.1, 0.15) is 28.9 Å². The minimum Gasteiger partial charge on any atom is -0.350 e. The van der Waals surface area contributed by atoms with Crippen molar-refractivity contribution in [1.29, 1.82) is 0 Å². The molecule has 1 aliphatic rings. The lowest BCUT2D eigenvalue weighted by Gasteiger charge is -2.25. The number of halogens is 1. The molecule has 0 bridgehead atoms. The van der Waals surface area contributed by atoms with Gasteiger partial charge in [0, 0.05) is 41.2 Å².